The first-order valence-corrected chi connectivity index (χ1v) is 8.20. The van der Waals surface area contributed by atoms with Crippen LogP contribution in [0, 0.1) is 0 Å². The third kappa shape index (κ3) is 3.51. The molecule has 0 aromatic carbocycles. The van der Waals surface area contributed by atoms with Gasteiger partial charge in [-0.05, 0) is 31.2 Å². The summed E-state index contributed by atoms with van der Waals surface area (Å²) in [6.45, 7) is 1.89. The third-order valence-corrected chi connectivity index (χ3v) is 5.34. The van der Waals surface area contributed by atoms with Gasteiger partial charge in [0.05, 0.1) is 5.37 Å². The molecule has 1 aliphatic heterocycles. The first kappa shape index (κ1) is 14.4. The number of carboxylic acid groups (broad SMARTS) is 1. The van der Waals surface area contributed by atoms with E-state index in [0.29, 0.717) is 12.2 Å². The van der Waals surface area contributed by atoms with E-state index in [2.05, 4.69) is 6.07 Å². The number of hydrogen-bond acceptors (Lipinski definition) is 4. The molecular weight excluding hydrogens is 282 g/mol. The van der Waals surface area contributed by atoms with Crippen molar-refractivity contribution in [3.63, 3.8) is 0 Å². The van der Waals surface area contributed by atoms with Crippen LogP contribution >= 0.6 is 23.1 Å². The first-order chi connectivity index (χ1) is 9.09. The molecule has 0 radical (unpaired) electrons. The van der Waals surface area contributed by atoms with Crippen LogP contribution < -0.4 is 0 Å². The molecule has 19 heavy (non-hydrogen) atoms. The number of amides is 1. The molecule has 0 bridgehead atoms. The molecule has 6 heteroatoms. The van der Waals surface area contributed by atoms with Crippen LogP contribution in [0.3, 0.4) is 0 Å². The summed E-state index contributed by atoms with van der Waals surface area (Å²) in [6.07, 6.45) is 2.09. The van der Waals surface area contributed by atoms with Crippen molar-refractivity contribution in [1.82, 2.24) is 4.90 Å². The minimum Gasteiger partial charge on any atom is -0.480 e. The molecule has 0 aliphatic carbocycles. The standard InChI is InChI=1S/C13H17NO3S2/c1-9-14(11(8-19-9)13(16)17)12(15)6-2-4-10-5-3-7-18-10/h3,5,7,9,11H,2,4,6,8H2,1H3,(H,16,17). The summed E-state index contributed by atoms with van der Waals surface area (Å²) in [4.78, 5) is 26.1. The number of carbonyl (C=O) groups excluding carboxylic acids is 1. The molecule has 2 heterocycles. The number of carboxylic acids is 1. The highest BCUT2D eigenvalue weighted by Gasteiger charge is 2.38. The molecule has 104 valence electrons. The van der Waals surface area contributed by atoms with Gasteiger partial charge in [0.15, 0.2) is 0 Å². The van der Waals surface area contributed by atoms with Crippen molar-refractivity contribution in [2.75, 3.05) is 5.75 Å². The van der Waals surface area contributed by atoms with Crippen LogP contribution in [0.5, 0.6) is 0 Å². The lowest BCUT2D eigenvalue weighted by atomic mass is 10.1. The SMILES string of the molecule is CC1SCC(C(=O)O)N1C(=O)CCCc1cccs1. The predicted molar refractivity (Wildman–Crippen MR) is 77.4 cm³/mol. The van der Waals surface area contributed by atoms with Crippen LogP contribution in [-0.2, 0) is 16.0 Å². The highest BCUT2D eigenvalue weighted by molar-refractivity contribution is 8.00. The normalized spacial score (nSPS) is 22.7. The smallest absolute Gasteiger partial charge is 0.327 e. The minimum atomic E-state index is -0.900. The molecule has 0 spiro atoms. The van der Waals surface area contributed by atoms with Crippen LogP contribution in [0.25, 0.3) is 0 Å². The summed E-state index contributed by atoms with van der Waals surface area (Å²) in [5, 5.41) is 11.1. The number of rotatable bonds is 5. The maximum atomic E-state index is 12.2. The van der Waals surface area contributed by atoms with Crippen LogP contribution in [0.15, 0.2) is 17.5 Å². The largest absolute Gasteiger partial charge is 0.480 e. The Morgan fingerprint density at radius 2 is 2.32 bits per heavy atom. The summed E-state index contributed by atoms with van der Waals surface area (Å²) in [5.74, 6) is -0.447. The lowest BCUT2D eigenvalue weighted by Gasteiger charge is -2.25. The lowest BCUT2D eigenvalue weighted by molar-refractivity contribution is -0.148. The van der Waals surface area contributed by atoms with Crippen LogP contribution in [-0.4, -0.2) is 39.1 Å². The number of hydrogen-bond donors (Lipinski definition) is 1. The molecular formula is C13H17NO3S2. The molecule has 2 unspecified atom stereocenters. The van der Waals surface area contributed by atoms with Gasteiger partial charge in [-0.1, -0.05) is 6.07 Å². The molecule has 2 rings (SSSR count). The van der Waals surface area contributed by atoms with Crippen molar-refractivity contribution < 1.29 is 14.7 Å². The topological polar surface area (TPSA) is 57.6 Å². The summed E-state index contributed by atoms with van der Waals surface area (Å²) in [6, 6.07) is 3.40. The zero-order chi connectivity index (χ0) is 13.8. The summed E-state index contributed by atoms with van der Waals surface area (Å²) < 4.78 is 0. The van der Waals surface area contributed by atoms with Crippen molar-refractivity contribution in [3.8, 4) is 0 Å². The Labute approximate surface area is 120 Å². The van der Waals surface area contributed by atoms with Gasteiger partial charge in [0.25, 0.3) is 0 Å². The molecule has 1 saturated heterocycles. The van der Waals surface area contributed by atoms with Gasteiger partial charge < -0.3 is 10.0 Å². The zero-order valence-electron chi connectivity index (χ0n) is 10.7. The van der Waals surface area contributed by atoms with Gasteiger partial charge in [0.1, 0.15) is 6.04 Å². The second-order valence-corrected chi connectivity index (χ2v) is 6.90. The van der Waals surface area contributed by atoms with Crippen molar-refractivity contribution in [2.45, 2.75) is 37.6 Å². The second kappa shape index (κ2) is 6.43. The van der Waals surface area contributed by atoms with E-state index >= 15 is 0 Å². The van der Waals surface area contributed by atoms with Gasteiger partial charge in [-0.25, -0.2) is 4.79 Å². The van der Waals surface area contributed by atoms with Crippen LogP contribution in [0.4, 0.5) is 0 Å². The third-order valence-electron chi connectivity index (χ3n) is 3.19. The molecule has 4 nitrogen and oxygen atoms in total. The summed E-state index contributed by atoms with van der Waals surface area (Å²) in [5.41, 5.74) is 0. The van der Waals surface area contributed by atoms with E-state index in [1.165, 1.54) is 21.5 Å². The quantitative estimate of drug-likeness (QED) is 0.907. The highest BCUT2D eigenvalue weighted by Crippen LogP contribution is 2.29. The molecule has 1 aromatic heterocycles. The molecule has 1 aliphatic rings. The summed E-state index contributed by atoms with van der Waals surface area (Å²) >= 11 is 3.22. The fourth-order valence-corrected chi connectivity index (χ4v) is 4.15. The van der Waals surface area contributed by atoms with Crippen LogP contribution in [0.2, 0.25) is 0 Å². The van der Waals surface area contributed by atoms with E-state index < -0.39 is 12.0 Å². The van der Waals surface area contributed by atoms with E-state index in [-0.39, 0.29) is 11.3 Å². The lowest BCUT2D eigenvalue weighted by Crippen LogP contribution is -2.44. The van der Waals surface area contributed by atoms with Crippen molar-refractivity contribution in [1.29, 1.82) is 0 Å². The average molecular weight is 299 g/mol. The Morgan fingerprint density at radius 3 is 2.95 bits per heavy atom. The Morgan fingerprint density at radius 1 is 1.53 bits per heavy atom. The highest BCUT2D eigenvalue weighted by atomic mass is 32.2. The molecule has 1 amide bonds. The minimum absolute atomic E-state index is 0.0321. The average Bonchev–Trinajstić information content (AvgIpc) is 2.98. The fraction of sp³-hybridized carbons (Fsp3) is 0.538. The van der Waals surface area contributed by atoms with Gasteiger partial charge in [-0.15, -0.1) is 23.1 Å². The van der Waals surface area contributed by atoms with E-state index in [0.717, 1.165) is 12.8 Å². The molecule has 1 fully saturated rings. The van der Waals surface area contributed by atoms with Gasteiger partial charge in [-0.2, -0.15) is 0 Å². The summed E-state index contributed by atoms with van der Waals surface area (Å²) in [7, 11) is 0. The van der Waals surface area contributed by atoms with Crippen LogP contribution in [0.1, 0.15) is 24.6 Å². The Bertz CT molecular complexity index is 447. The van der Waals surface area contributed by atoms with Crippen molar-refractivity contribution in [3.05, 3.63) is 22.4 Å². The van der Waals surface area contributed by atoms with Gasteiger partial charge in [0.2, 0.25) is 5.91 Å². The number of carbonyl (C=O) groups is 2. The van der Waals surface area contributed by atoms with Crippen molar-refractivity contribution in [2.24, 2.45) is 0 Å². The Balaban J connectivity index is 1.86. The number of thiophene rings is 1. The van der Waals surface area contributed by atoms with Gasteiger partial charge in [-0.3, -0.25) is 4.79 Å². The molecule has 1 aromatic rings. The Hall–Kier alpha value is -1.01. The maximum Gasteiger partial charge on any atom is 0.327 e. The molecule has 2 atom stereocenters. The maximum absolute atomic E-state index is 12.2. The zero-order valence-corrected chi connectivity index (χ0v) is 12.4. The molecule has 1 N–H and O–H groups in total. The predicted octanol–water partition coefficient (Wildman–Crippen LogP) is 2.45. The number of aliphatic carboxylic acids is 1. The Kier molecular flexibility index (Phi) is 4.87. The second-order valence-electron chi connectivity index (χ2n) is 4.52. The number of aryl methyl sites for hydroxylation is 1. The first-order valence-electron chi connectivity index (χ1n) is 6.27. The molecule has 0 saturated carbocycles. The van der Waals surface area contributed by atoms with Crippen molar-refractivity contribution >= 4 is 35.0 Å². The van der Waals surface area contributed by atoms with E-state index in [1.807, 2.05) is 18.4 Å². The van der Waals surface area contributed by atoms with E-state index in [9.17, 15) is 9.59 Å². The van der Waals surface area contributed by atoms with E-state index in [4.69, 9.17) is 5.11 Å². The van der Waals surface area contributed by atoms with Gasteiger partial charge in [0, 0.05) is 17.1 Å². The number of nitrogens with zero attached hydrogens (tertiary/aromatic N) is 1. The van der Waals surface area contributed by atoms with E-state index in [1.54, 1.807) is 11.3 Å². The van der Waals surface area contributed by atoms with Gasteiger partial charge >= 0.3 is 5.97 Å². The fourth-order valence-electron chi connectivity index (χ4n) is 2.21. The number of thioether (sulfide) groups is 1. The monoisotopic (exact) mass is 299 g/mol.